The Balaban J connectivity index is 1.39. The van der Waals surface area contributed by atoms with Gasteiger partial charge in [-0.25, -0.2) is 17.8 Å². The van der Waals surface area contributed by atoms with Crippen LogP contribution in [-0.2, 0) is 21.4 Å². The Hall–Kier alpha value is -3.21. The van der Waals surface area contributed by atoms with Crippen molar-refractivity contribution >= 4 is 42.6 Å². The molecule has 192 valence electrons. The molecule has 37 heavy (non-hydrogen) atoms. The smallest absolute Gasteiger partial charge is 0.243 e. The van der Waals surface area contributed by atoms with E-state index < -0.39 is 15.8 Å². The number of nitrogens with zero attached hydrogens (tertiary/aromatic N) is 4. The number of thiazole rings is 1. The molecule has 7 nitrogen and oxygen atoms in total. The first-order valence-electron chi connectivity index (χ1n) is 12.1. The highest BCUT2D eigenvalue weighted by atomic mass is 32.2. The molecule has 1 saturated heterocycles. The predicted molar refractivity (Wildman–Crippen MR) is 142 cm³/mol. The monoisotopic (exact) mass is 538 g/mol. The second-order valence-corrected chi connectivity index (χ2v) is 12.2. The Kier molecular flexibility index (Phi) is 7.06. The lowest BCUT2D eigenvalue weighted by Crippen LogP contribution is -2.44. The fraction of sp³-hybridized carbons (Fsp3) is 0.296. The minimum Gasteiger partial charge on any atom is -0.283 e. The quantitative estimate of drug-likeness (QED) is 0.342. The molecule has 0 aliphatic carbocycles. The van der Waals surface area contributed by atoms with Crippen molar-refractivity contribution in [2.45, 2.75) is 38.1 Å². The van der Waals surface area contributed by atoms with E-state index in [-0.39, 0.29) is 29.8 Å². The van der Waals surface area contributed by atoms with Crippen LogP contribution in [0.15, 0.2) is 65.8 Å². The van der Waals surface area contributed by atoms with Crippen molar-refractivity contribution in [3.05, 3.63) is 83.4 Å². The Morgan fingerprint density at radius 3 is 2.51 bits per heavy atom. The maximum absolute atomic E-state index is 13.9. The highest BCUT2D eigenvalue weighted by Gasteiger charge is 2.35. The number of carbonyl (C=O) groups is 1. The summed E-state index contributed by atoms with van der Waals surface area (Å²) in [5.74, 6) is -0.903. The van der Waals surface area contributed by atoms with Gasteiger partial charge in [-0.05, 0) is 79.8 Å². The van der Waals surface area contributed by atoms with Crippen LogP contribution in [-0.4, -0.2) is 41.7 Å². The zero-order valence-corrected chi connectivity index (χ0v) is 22.2. The molecular weight excluding hydrogens is 511 g/mol. The van der Waals surface area contributed by atoms with E-state index in [0.717, 1.165) is 39.0 Å². The summed E-state index contributed by atoms with van der Waals surface area (Å²) < 4.78 is 41.7. The molecule has 0 unspecified atom stereocenters. The van der Waals surface area contributed by atoms with E-state index in [1.807, 2.05) is 32.0 Å². The van der Waals surface area contributed by atoms with E-state index in [9.17, 15) is 17.6 Å². The number of amides is 1. The van der Waals surface area contributed by atoms with Gasteiger partial charge in [0.1, 0.15) is 5.82 Å². The van der Waals surface area contributed by atoms with Crippen LogP contribution in [0.3, 0.4) is 0 Å². The first kappa shape index (κ1) is 25.4. The molecule has 0 spiro atoms. The maximum atomic E-state index is 13.9. The number of anilines is 1. The second kappa shape index (κ2) is 10.3. The molecule has 1 aliphatic heterocycles. The van der Waals surface area contributed by atoms with E-state index in [1.165, 1.54) is 27.8 Å². The van der Waals surface area contributed by atoms with Gasteiger partial charge in [-0.1, -0.05) is 23.5 Å². The number of hydrogen-bond donors (Lipinski definition) is 0. The molecule has 5 rings (SSSR count). The van der Waals surface area contributed by atoms with Crippen molar-refractivity contribution in [1.82, 2.24) is 14.3 Å². The average Bonchev–Trinajstić information content (AvgIpc) is 3.35. The first-order valence-corrected chi connectivity index (χ1v) is 14.3. The van der Waals surface area contributed by atoms with E-state index in [1.54, 1.807) is 17.3 Å². The lowest BCUT2D eigenvalue weighted by Gasteiger charge is -2.33. The lowest BCUT2D eigenvalue weighted by atomic mass is 9.96. The third-order valence-electron chi connectivity index (χ3n) is 6.89. The van der Waals surface area contributed by atoms with Gasteiger partial charge in [0.25, 0.3) is 0 Å². The summed E-state index contributed by atoms with van der Waals surface area (Å²) in [6.45, 7) is 4.84. The SMILES string of the molecule is Cc1ccc2sc(N(Cc3cccnc3)C(=O)C3CCN(S(=O)(=O)c4ccc(F)cc4)CC3)nc2c1C. The van der Waals surface area contributed by atoms with Crippen molar-refractivity contribution in [1.29, 1.82) is 0 Å². The third kappa shape index (κ3) is 5.14. The van der Waals surface area contributed by atoms with Crippen molar-refractivity contribution in [3.8, 4) is 0 Å². The van der Waals surface area contributed by atoms with Gasteiger partial charge in [-0.2, -0.15) is 4.31 Å². The predicted octanol–water partition coefficient (Wildman–Crippen LogP) is 5.08. The van der Waals surface area contributed by atoms with E-state index in [2.05, 4.69) is 11.1 Å². The van der Waals surface area contributed by atoms with E-state index >= 15 is 0 Å². The standard InChI is InChI=1S/C27H27FN4O3S2/c1-18-5-10-24-25(19(18)2)30-27(36-24)32(17-20-4-3-13-29-16-20)26(33)21-11-14-31(15-12-21)37(34,35)23-8-6-22(28)7-9-23/h3-10,13,16,21H,11-12,14-15,17H2,1-2H3. The van der Waals surface area contributed by atoms with Crippen LogP contribution < -0.4 is 4.90 Å². The number of halogens is 1. The number of fused-ring (bicyclic) bond motifs is 1. The fourth-order valence-corrected chi connectivity index (χ4v) is 7.06. The molecule has 0 N–H and O–H groups in total. The number of carbonyl (C=O) groups excluding carboxylic acids is 1. The van der Waals surface area contributed by atoms with Crippen molar-refractivity contribution in [2.75, 3.05) is 18.0 Å². The summed E-state index contributed by atoms with van der Waals surface area (Å²) in [6, 6.07) is 12.7. The average molecular weight is 539 g/mol. The minimum absolute atomic E-state index is 0.0528. The van der Waals surface area contributed by atoms with Crippen molar-refractivity contribution in [2.24, 2.45) is 5.92 Å². The molecular formula is C27H27FN4O3S2. The van der Waals surface area contributed by atoms with Crippen LogP contribution in [0.2, 0.25) is 0 Å². The second-order valence-electron chi connectivity index (χ2n) is 9.27. The Morgan fingerprint density at radius 1 is 1.11 bits per heavy atom. The fourth-order valence-electron chi connectivity index (χ4n) is 4.56. The molecule has 0 atom stereocenters. The number of benzene rings is 2. The highest BCUT2D eigenvalue weighted by Crippen LogP contribution is 2.35. The first-order chi connectivity index (χ1) is 17.7. The normalized spacial score (nSPS) is 15.2. The number of rotatable bonds is 6. The number of sulfonamides is 1. The van der Waals surface area contributed by atoms with Crippen LogP contribution in [0, 0.1) is 25.6 Å². The number of pyridine rings is 1. The minimum atomic E-state index is -3.75. The summed E-state index contributed by atoms with van der Waals surface area (Å²) in [4.78, 5) is 24.7. The van der Waals surface area contributed by atoms with Crippen LogP contribution in [0.1, 0.15) is 29.5 Å². The van der Waals surface area contributed by atoms with Gasteiger partial charge >= 0.3 is 0 Å². The zero-order valence-electron chi connectivity index (χ0n) is 20.6. The topological polar surface area (TPSA) is 83.5 Å². The number of hydrogen-bond acceptors (Lipinski definition) is 6. The van der Waals surface area contributed by atoms with E-state index in [4.69, 9.17) is 4.98 Å². The summed E-state index contributed by atoms with van der Waals surface area (Å²) in [6.07, 6.45) is 4.22. The Labute approximate surface area is 219 Å². The molecule has 3 heterocycles. The summed E-state index contributed by atoms with van der Waals surface area (Å²) in [7, 11) is -3.75. The van der Waals surface area contributed by atoms with Gasteiger partial charge in [-0.15, -0.1) is 0 Å². The molecule has 1 fully saturated rings. The summed E-state index contributed by atoms with van der Waals surface area (Å²) in [5, 5.41) is 0.624. The van der Waals surface area contributed by atoms with Gasteiger partial charge in [-0.3, -0.25) is 14.7 Å². The zero-order chi connectivity index (χ0) is 26.2. The molecule has 10 heteroatoms. The summed E-state index contributed by atoms with van der Waals surface area (Å²) in [5.41, 5.74) is 4.01. The van der Waals surface area contributed by atoms with Crippen LogP contribution in [0.4, 0.5) is 9.52 Å². The van der Waals surface area contributed by atoms with E-state index in [0.29, 0.717) is 24.5 Å². The van der Waals surface area contributed by atoms with Gasteiger partial charge in [0.15, 0.2) is 5.13 Å². The molecule has 1 amide bonds. The Morgan fingerprint density at radius 2 is 1.84 bits per heavy atom. The van der Waals surface area contributed by atoms with Crippen molar-refractivity contribution in [3.63, 3.8) is 0 Å². The number of aryl methyl sites for hydroxylation is 2. The summed E-state index contributed by atoms with van der Waals surface area (Å²) >= 11 is 1.48. The van der Waals surface area contributed by atoms with Gasteiger partial charge in [0, 0.05) is 31.4 Å². The molecule has 2 aromatic carbocycles. The Bertz CT molecular complexity index is 1530. The van der Waals surface area contributed by atoms with Crippen molar-refractivity contribution < 1.29 is 17.6 Å². The third-order valence-corrected chi connectivity index (χ3v) is 9.84. The number of piperidine rings is 1. The van der Waals surface area contributed by atoms with Crippen LogP contribution >= 0.6 is 11.3 Å². The maximum Gasteiger partial charge on any atom is 0.243 e. The molecule has 0 radical (unpaired) electrons. The molecule has 2 aromatic heterocycles. The molecule has 4 aromatic rings. The van der Waals surface area contributed by atoms with Gasteiger partial charge < -0.3 is 0 Å². The lowest BCUT2D eigenvalue weighted by molar-refractivity contribution is -0.123. The molecule has 1 aliphatic rings. The largest absolute Gasteiger partial charge is 0.283 e. The number of aromatic nitrogens is 2. The van der Waals surface area contributed by atoms with Gasteiger partial charge in [0.2, 0.25) is 15.9 Å². The van der Waals surface area contributed by atoms with Crippen LogP contribution in [0.5, 0.6) is 0 Å². The van der Waals surface area contributed by atoms with Crippen LogP contribution in [0.25, 0.3) is 10.2 Å². The van der Waals surface area contributed by atoms with Gasteiger partial charge in [0.05, 0.1) is 21.7 Å². The molecule has 0 bridgehead atoms. The molecule has 0 saturated carbocycles. The highest BCUT2D eigenvalue weighted by molar-refractivity contribution is 7.89.